The Morgan fingerprint density at radius 2 is 2.16 bits per heavy atom. The predicted molar refractivity (Wildman–Crippen MR) is 83.4 cm³/mol. The fourth-order valence-corrected chi connectivity index (χ4v) is 2.69. The van der Waals surface area contributed by atoms with Gasteiger partial charge >= 0.3 is 6.18 Å². The van der Waals surface area contributed by atoms with Crippen molar-refractivity contribution in [1.82, 2.24) is 24.9 Å². The molecule has 0 aliphatic heterocycles. The highest BCUT2D eigenvalue weighted by atomic mass is 19.4. The molecule has 1 aliphatic rings. The molecule has 1 saturated carbocycles. The van der Waals surface area contributed by atoms with Crippen LogP contribution in [0.3, 0.4) is 0 Å². The normalized spacial score (nSPS) is 16.0. The van der Waals surface area contributed by atoms with Crippen molar-refractivity contribution in [3.63, 3.8) is 0 Å². The van der Waals surface area contributed by atoms with Gasteiger partial charge in [0.05, 0.1) is 18.7 Å². The van der Waals surface area contributed by atoms with E-state index in [2.05, 4.69) is 15.5 Å². The Hall–Kier alpha value is -2.32. The summed E-state index contributed by atoms with van der Waals surface area (Å²) in [5.41, 5.74) is 0.539. The number of aromatic nitrogens is 4. The van der Waals surface area contributed by atoms with Gasteiger partial charge in [-0.05, 0) is 18.9 Å². The number of hydrogen-bond donors (Lipinski definition) is 1. The second-order valence-corrected chi connectivity index (χ2v) is 6.55. The number of rotatable bonds is 6. The number of amides is 1. The van der Waals surface area contributed by atoms with Gasteiger partial charge in [-0.15, -0.1) is 0 Å². The van der Waals surface area contributed by atoms with Crippen molar-refractivity contribution in [1.29, 1.82) is 0 Å². The lowest BCUT2D eigenvalue weighted by atomic mass is 10.1. The highest BCUT2D eigenvalue weighted by Gasteiger charge is 2.38. The SMILES string of the molecule is CC(Cn1nc(C(F)(F)F)cc1C1CC1)C(=O)NCc1cnn(C)c1. The van der Waals surface area contributed by atoms with Crippen molar-refractivity contribution in [2.24, 2.45) is 13.0 Å². The van der Waals surface area contributed by atoms with Gasteiger partial charge in [-0.1, -0.05) is 6.92 Å². The largest absolute Gasteiger partial charge is 0.435 e. The summed E-state index contributed by atoms with van der Waals surface area (Å²) in [6.07, 6.45) is 0.703. The minimum atomic E-state index is -4.47. The molecule has 1 unspecified atom stereocenters. The molecule has 3 rings (SSSR count). The van der Waals surface area contributed by atoms with Gasteiger partial charge in [0.1, 0.15) is 0 Å². The number of nitrogens with one attached hydrogen (secondary N) is 1. The van der Waals surface area contributed by atoms with Gasteiger partial charge in [0, 0.05) is 37.0 Å². The van der Waals surface area contributed by atoms with Crippen LogP contribution in [0.5, 0.6) is 0 Å². The molecule has 1 aliphatic carbocycles. The van der Waals surface area contributed by atoms with Gasteiger partial charge < -0.3 is 5.32 Å². The Balaban J connectivity index is 1.64. The van der Waals surface area contributed by atoms with Gasteiger partial charge in [0.2, 0.25) is 5.91 Å². The van der Waals surface area contributed by atoms with Crippen LogP contribution in [-0.4, -0.2) is 25.5 Å². The lowest BCUT2D eigenvalue weighted by molar-refractivity contribution is -0.141. The highest BCUT2D eigenvalue weighted by Crippen LogP contribution is 2.42. The van der Waals surface area contributed by atoms with Crippen LogP contribution in [0.25, 0.3) is 0 Å². The third kappa shape index (κ3) is 4.21. The Bertz CT molecular complexity index is 760. The summed E-state index contributed by atoms with van der Waals surface area (Å²) in [6, 6.07) is 1.11. The minimum absolute atomic E-state index is 0.120. The van der Waals surface area contributed by atoms with E-state index in [1.54, 1.807) is 31.0 Å². The van der Waals surface area contributed by atoms with Gasteiger partial charge in [-0.3, -0.25) is 14.2 Å². The summed E-state index contributed by atoms with van der Waals surface area (Å²) in [6.45, 7) is 2.14. The molecule has 25 heavy (non-hydrogen) atoms. The zero-order valence-corrected chi connectivity index (χ0v) is 14.0. The number of hydrogen-bond acceptors (Lipinski definition) is 3. The van der Waals surface area contributed by atoms with Crippen LogP contribution < -0.4 is 5.32 Å². The van der Waals surface area contributed by atoms with Gasteiger partial charge in [0.15, 0.2) is 5.69 Å². The van der Waals surface area contributed by atoms with E-state index in [1.165, 1.54) is 4.68 Å². The Labute approximate surface area is 143 Å². The molecule has 1 fully saturated rings. The van der Waals surface area contributed by atoms with Crippen molar-refractivity contribution in [2.75, 3.05) is 0 Å². The van der Waals surface area contributed by atoms with Crippen LogP contribution in [0.15, 0.2) is 18.5 Å². The second-order valence-electron chi connectivity index (χ2n) is 6.55. The molecule has 9 heteroatoms. The van der Waals surface area contributed by atoms with Crippen LogP contribution in [0.2, 0.25) is 0 Å². The number of halogens is 3. The molecular weight excluding hydrogens is 335 g/mol. The fourth-order valence-electron chi connectivity index (χ4n) is 2.69. The first-order valence-corrected chi connectivity index (χ1v) is 8.14. The summed E-state index contributed by atoms with van der Waals surface area (Å²) in [5, 5.41) is 10.5. The molecule has 1 atom stereocenters. The zero-order valence-electron chi connectivity index (χ0n) is 14.0. The molecule has 0 radical (unpaired) electrons. The average molecular weight is 355 g/mol. The second kappa shape index (κ2) is 6.53. The third-order valence-electron chi connectivity index (χ3n) is 4.22. The first-order chi connectivity index (χ1) is 11.7. The summed E-state index contributed by atoms with van der Waals surface area (Å²) >= 11 is 0. The van der Waals surface area contributed by atoms with E-state index in [9.17, 15) is 18.0 Å². The molecule has 0 spiro atoms. The van der Waals surface area contributed by atoms with Gasteiger partial charge in [0.25, 0.3) is 0 Å². The molecular formula is C16H20F3N5O. The topological polar surface area (TPSA) is 64.7 Å². The van der Waals surface area contributed by atoms with E-state index in [0.29, 0.717) is 12.2 Å². The van der Waals surface area contributed by atoms with Crippen LogP contribution in [0.4, 0.5) is 13.2 Å². The number of aryl methyl sites for hydroxylation is 1. The molecule has 0 saturated heterocycles. The maximum atomic E-state index is 12.9. The quantitative estimate of drug-likeness (QED) is 0.866. The molecule has 1 amide bonds. The standard InChI is InChI=1S/C16H20F3N5O/c1-10(15(25)20-6-11-7-21-23(2)9-11)8-24-13(12-3-4-12)5-14(22-24)16(17,18)19/h5,7,9-10,12H,3-4,6,8H2,1-2H3,(H,20,25). The van der Waals surface area contributed by atoms with E-state index in [0.717, 1.165) is 24.5 Å². The highest BCUT2D eigenvalue weighted by molar-refractivity contribution is 5.78. The van der Waals surface area contributed by atoms with E-state index < -0.39 is 17.8 Å². The summed E-state index contributed by atoms with van der Waals surface area (Å²) < 4.78 is 41.7. The molecule has 2 heterocycles. The molecule has 2 aromatic rings. The molecule has 6 nitrogen and oxygen atoms in total. The average Bonchev–Trinajstić information content (AvgIpc) is 3.15. The maximum Gasteiger partial charge on any atom is 0.435 e. The monoisotopic (exact) mass is 355 g/mol. The fraction of sp³-hybridized carbons (Fsp3) is 0.562. The Morgan fingerprint density at radius 3 is 2.72 bits per heavy atom. The Morgan fingerprint density at radius 1 is 1.44 bits per heavy atom. The molecule has 1 N–H and O–H groups in total. The third-order valence-corrected chi connectivity index (χ3v) is 4.22. The molecule has 2 aromatic heterocycles. The van der Waals surface area contributed by atoms with Crippen molar-refractivity contribution in [3.8, 4) is 0 Å². The van der Waals surface area contributed by atoms with Crippen LogP contribution in [-0.2, 0) is 31.1 Å². The van der Waals surface area contributed by atoms with E-state index in [-0.39, 0.29) is 18.4 Å². The van der Waals surface area contributed by atoms with Crippen LogP contribution >= 0.6 is 0 Å². The van der Waals surface area contributed by atoms with Crippen molar-refractivity contribution >= 4 is 5.91 Å². The molecule has 0 aromatic carbocycles. The van der Waals surface area contributed by atoms with Crippen molar-refractivity contribution < 1.29 is 18.0 Å². The van der Waals surface area contributed by atoms with Crippen LogP contribution in [0, 0.1) is 5.92 Å². The lowest BCUT2D eigenvalue weighted by Crippen LogP contribution is -2.31. The zero-order chi connectivity index (χ0) is 18.2. The smallest absolute Gasteiger partial charge is 0.352 e. The lowest BCUT2D eigenvalue weighted by Gasteiger charge is -2.14. The number of alkyl halides is 3. The van der Waals surface area contributed by atoms with Crippen molar-refractivity contribution in [3.05, 3.63) is 35.4 Å². The Kier molecular flexibility index (Phi) is 4.57. The van der Waals surface area contributed by atoms with E-state index >= 15 is 0 Å². The van der Waals surface area contributed by atoms with Crippen molar-refractivity contribution in [2.45, 2.75) is 44.9 Å². The summed E-state index contributed by atoms with van der Waals surface area (Å²) in [7, 11) is 1.78. The first-order valence-electron chi connectivity index (χ1n) is 8.14. The summed E-state index contributed by atoms with van der Waals surface area (Å²) in [5.74, 6) is -0.598. The van der Waals surface area contributed by atoms with Gasteiger partial charge in [-0.25, -0.2) is 0 Å². The maximum absolute atomic E-state index is 12.9. The minimum Gasteiger partial charge on any atom is -0.352 e. The van der Waals surface area contributed by atoms with Gasteiger partial charge in [-0.2, -0.15) is 23.4 Å². The summed E-state index contributed by atoms with van der Waals surface area (Å²) in [4.78, 5) is 12.2. The van der Waals surface area contributed by atoms with E-state index in [4.69, 9.17) is 0 Å². The van der Waals surface area contributed by atoms with E-state index in [1.807, 2.05) is 0 Å². The molecule has 0 bridgehead atoms. The first kappa shape index (κ1) is 17.5. The number of carbonyl (C=O) groups excluding carboxylic acids is 1. The van der Waals surface area contributed by atoms with Crippen LogP contribution in [0.1, 0.15) is 42.6 Å². The predicted octanol–water partition coefficient (Wildman–Crippen LogP) is 2.47. The number of nitrogens with zero attached hydrogens (tertiary/aromatic N) is 4. The molecule has 136 valence electrons. The number of carbonyl (C=O) groups is 1.